The maximum absolute atomic E-state index is 12.4. The topological polar surface area (TPSA) is 76.1 Å². The number of hydrogen-bond acceptors (Lipinski definition) is 5. The van der Waals surface area contributed by atoms with Crippen LogP contribution in [0.2, 0.25) is 0 Å². The Morgan fingerprint density at radius 3 is 2.10 bits per heavy atom. The molecule has 162 valence electrons. The largest absolute Gasteiger partial charge is 0.481 e. The van der Waals surface area contributed by atoms with Crippen molar-refractivity contribution < 1.29 is 14.7 Å². The van der Waals surface area contributed by atoms with Gasteiger partial charge >= 0.3 is 0 Å². The van der Waals surface area contributed by atoms with Crippen LogP contribution in [0.1, 0.15) is 32.3 Å². The first-order valence-corrected chi connectivity index (χ1v) is 10.6. The molecule has 0 bridgehead atoms. The van der Waals surface area contributed by atoms with Gasteiger partial charge in [0.1, 0.15) is 0 Å². The van der Waals surface area contributed by atoms with E-state index in [4.69, 9.17) is 9.90 Å². The fraction of sp³-hybridized carbons (Fsp3) is 0.636. The van der Waals surface area contributed by atoms with Crippen LogP contribution in [0, 0.1) is 5.92 Å². The lowest BCUT2D eigenvalue weighted by Crippen LogP contribution is -2.44. The number of anilines is 1. The summed E-state index contributed by atoms with van der Waals surface area (Å²) in [5.41, 5.74) is 2.47. The van der Waals surface area contributed by atoms with E-state index in [0.717, 1.165) is 65.6 Å². The number of carboxylic acids is 1. The van der Waals surface area contributed by atoms with Gasteiger partial charge in [0.15, 0.2) is 0 Å². The van der Waals surface area contributed by atoms with Crippen LogP contribution in [-0.2, 0) is 16.1 Å². The molecule has 0 aromatic heterocycles. The standard InChI is InChI=1S/C20H32N4O.C2H4O2/c1-3-23-10-8-18(9-11-23)20(25)21-16-17-4-6-19(7-5-17)24-14-12-22(2)13-15-24;1-2(3)4/h4-7,18H,3,8-16H2,1-2H3,(H,21,25);1H3,(H,3,4). The van der Waals surface area contributed by atoms with E-state index in [0.29, 0.717) is 6.54 Å². The molecule has 3 rings (SSSR count). The summed E-state index contributed by atoms with van der Waals surface area (Å²) in [6.07, 6.45) is 1.98. The van der Waals surface area contributed by atoms with Crippen LogP contribution in [-0.4, -0.2) is 79.6 Å². The number of carboxylic acid groups (broad SMARTS) is 1. The van der Waals surface area contributed by atoms with Crippen molar-refractivity contribution in [3.63, 3.8) is 0 Å². The van der Waals surface area contributed by atoms with E-state index >= 15 is 0 Å². The van der Waals surface area contributed by atoms with Gasteiger partial charge < -0.3 is 25.1 Å². The molecule has 0 saturated carbocycles. The van der Waals surface area contributed by atoms with Crippen molar-refractivity contribution in [3.05, 3.63) is 29.8 Å². The molecule has 7 nitrogen and oxygen atoms in total. The Morgan fingerprint density at radius 1 is 1.03 bits per heavy atom. The summed E-state index contributed by atoms with van der Waals surface area (Å²) in [6.45, 7) is 11.5. The Labute approximate surface area is 174 Å². The first-order chi connectivity index (χ1) is 13.9. The maximum Gasteiger partial charge on any atom is 0.300 e. The van der Waals surface area contributed by atoms with Crippen LogP contribution in [0.4, 0.5) is 5.69 Å². The number of aliphatic carboxylic acids is 1. The van der Waals surface area contributed by atoms with Crippen LogP contribution < -0.4 is 10.2 Å². The van der Waals surface area contributed by atoms with Crippen molar-refractivity contribution in [1.29, 1.82) is 0 Å². The van der Waals surface area contributed by atoms with Gasteiger partial charge in [-0.3, -0.25) is 9.59 Å². The summed E-state index contributed by atoms with van der Waals surface area (Å²) < 4.78 is 0. The van der Waals surface area contributed by atoms with Crippen molar-refractivity contribution >= 4 is 17.6 Å². The van der Waals surface area contributed by atoms with E-state index in [9.17, 15) is 4.79 Å². The van der Waals surface area contributed by atoms with E-state index in [1.165, 1.54) is 11.3 Å². The number of amides is 1. The van der Waals surface area contributed by atoms with Crippen LogP contribution in [0.3, 0.4) is 0 Å². The summed E-state index contributed by atoms with van der Waals surface area (Å²) >= 11 is 0. The Morgan fingerprint density at radius 2 is 1.59 bits per heavy atom. The first-order valence-electron chi connectivity index (χ1n) is 10.6. The van der Waals surface area contributed by atoms with Crippen molar-refractivity contribution in [1.82, 2.24) is 15.1 Å². The van der Waals surface area contributed by atoms with Gasteiger partial charge in [-0.25, -0.2) is 0 Å². The molecule has 2 aliphatic heterocycles. The molecule has 2 heterocycles. The van der Waals surface area contributed by atoms with Gasteiger partial charge in [0.25, 0.3) is 5.97 Å². The Bertz CT molecular complexity index is 630. The van der Waals surface area contributed by atoms with Crippen molar-refractivity contribution in [3.8, 4) is 0 Å². The smallest absolute Gasteiger partial charge is 0.300 e. The molecule has 0 spiro atoms. The number of benzene rings is 1. The van der Waals surface area contributed by atoms with Gasteiger partial charge in [-0.1, -0.05) is 19.1 Å². The highest BCUT2D eigenvalue weighted by Crippen LogP contribution is 2.19. The van der Waals surface area contributed by atoms with Gasteiger partial charge in [-0.2, -0.15) is 0 Å². The number of carbonyl (C=O) groups excluding carboxylic acids is 1. The number of hydrogen-bond donors (Lipinski definition) is 2. The van der Waals surface area contributed by atoms with Crippen LogP contribution in [0.25, 0.3) is 0 Å². The number of nitrogens with one attached hydrogen (secondary N) is 1. The van der Waals surface area contributed by atoms with E-state index in [1.54, 1.807) is 0 Å². The van der Waals surface area contributed by atoms with Crippen LogP contribution >= 0.6 is 0 Å². The number of carbonyl (C=O) groups is 2. The predicted molar refractivity (Wildman–Crippen MR) is 116 cm³/mol. The summed E-state index contributed by atoms with van der Waals surface area (Å²) in [7, 11) is 2.18. The van der Waals surface area contributed by atoms with Gasteiger partial charge in [0.05, 0.1) is 0 Å². The second-order valence-electron chi connectivity index (χ2n) is 7.90. The van der Waals surface area contributed by atoms with Crippen molar-refractivity contribution in [2.45, 2.75) is 33.2 Å². The molecule has 2 aliphatic rings. The van der Waals surface area contributed by atoms with E-state index < -0.39 is 5.97 Å². The Hall–Kier alpha value is -2.12. The quantitative estimate of drug-likeness (QED) is 0.780. The average molecular weight is 405 g/mol. The Kier molecular flexibility index (Phi) is 9.41. The van der Waals surface area contributed by atoms with Gasteiger partial charge in [0.2, 0.25) is 5.91 Å². The highest BCUT2D eigenvalue weighted by molar-refractivity contribution is 5.78. The van der Waals surface area contributed by atoms with Crippen molar-refractivity contribution in [2.24, 2.45) is 5.92 Å². The minimum atomic E-state index is -0.833. The summed E-state index contributed by atoms with van der Waals surface area (Å²) in [5, 5.41) is 10.5. The number of likely N-dealkylation sites (tertiary alicyclic amines) is 1. The molecule has 2 saturated heterocycles. The van der Waals surface area contributed by atoms with E-state index in [2.05, 4.69) is 58.3 Å². The second-order valence-corrected chi connectivity index (χ2v) is 7.90. The second kappa shape index (κ2) is 11.8. The SMILES string of the molecule is CC(=O)O.CCN1CCC(C(=O)NCc2ccc(N3CCN(C)CC3)cc2)CC1. The molecular weight excluding hydrogens is 368 g/mol. The van der Waals surface area contributed by atoms with E-state index in [-0.39, 0.29) is 11.8 Å². The molecule has 1 aromatic rings. The number of piperidine rings is 1. The van der Waals surface area contributed by atoms with Gasteiger partial charge in [0, 0.05) is 51.3 Å². The summed E-state index contributed by atoms with van der Waals surface area (Å²) in [6, 6.07) is 8.67. The monoisotopic (exact) mass is 404 g/mol. The minimum Gasteiger partial charge on any atom is -0.481 e. The predicted octanol–water partition coefficient (Wildman–Crippen LogP) is 1.88. The molecule has 1 aromatic carbocycles. The lowest BCUT2D eigenvalue weighted by molar-refractivity contribution is -0.134. The third-order valence-corrected chi connectivity index (χ3v) is 5.68. The molecule has 0 atom stereocenters. The highest BCUT2D eigenvalue weighted by atomic mass is 16.4. The molecular formula is C22H36N4O3. The molecule has 0 aliphatic carbocycles. The number of rotatable bonds is 5. The molecule has 0 unspecified atom stereocenters. The van der Waals surface area contributed by atoms with Gasteiger partial charge in [-0.15, -0.1) is 0 Å². The normalized spacial score (nSPS) is 18.7. The van der Waals surface area contributed by atoms with Crippen LogP contribution in [0.5, 0.6) is 0 Å². The molecule has 29 heavy (non-hydrogen) atoms. The average Bonchev–Trinajstić information content (AvgIpc) is 2.73. The molecule has 2 fully saturated rings. The minimum absolute atomic E-state index is 0.187. The lowest BCUT2D eigenvalue weighted by atomic mass is 9.96. The van der Waals surface area contributed by atoms with Crippen LogP contribution in [0.15, 0.2) is 24.3 Å². The molecule has 0 radical (unpaired) electrons. The zero-order valence-electron chi connectivity index (χ0n) is 18.1. The first kappa shape index (κ1) is 23.2. The molecule has 7 heteroatoms. The fourth-order valence-electron chi connectivity index (χ4n) is 3.73. The summed E-state index contributed by atoms with van der Waals surface area (Å²) in [4.78, 5) is 28.6. The maximum atomic E-state index is 12.4. The fourth-order valence-corrected chi connectivity index (χ4v) is 3.73. The summed E-state index contributed by atoms with van der Waals surface area (Å²) in [5.74, 6) is -0.425. The third-order valence-electron chi connectivity index (χ3n) is 5.68. The highest BCUT2D eigenvalue weighted by Gasteiger charge is 2.23. The zero-order valence-corrected chi connectivity index (χ0v) is 18.1. The molecule has 1 amide bonds. The van der Waals surface area contributed by atoms with E-state index in [1.807, 2.05) is 0 Å². The number of likely N-dealkylation sites (N-methyl/N-ethyl adjacent to an activating group) is 1. The lowest BCUT2D eigenvalue weighted by Gasteiger charge is -2.34. The molecule has 2 N–H and O–H groups in total. The van der Waals surface area contributed by atoms with Gasteiger partial charge in [-0.05, 0) is 57.2 Å². The number of piperazine rings is 1. The van der Waals surface area contributed by atoms with Crippen molar-refractivity contribution in [2.75, 3.05) is 57.8 Å². The third kappa shape index (κ3) is 8.03. The number of nitrogens with zero attached hydrogens (tertiary/aromatic N) is 3. The zero-order chi connectivity index (χ0) is 21.2. The Balaban J connectivity index is 0.000000687.